The molecule has 1 aromatic heterocycles. The van der Waals surface area contributed by atoms with Crippen molar-refractivity contribution in [3.05, 3.63) is 53.9 Å². The predicted molar refractivity (Wildman–Crippen MR) is 86.9 cm³/mol. The molecule has 23 heavy (non-hydrogen) atoms. The Kier molecular flexibility index (Phi) is 3.91. The van der Waals surface area contributed by atoms with E-state index < -0.39 is 10.0 Å². The van der Waals surface area contributed by atoms with Gasteiger partial charge in [0.2, 0.25) is 10.0 Å². The first-order valence-electron chi connectivity index (χ1n) is 7.18. The van der Waals surface area contributed by atoms with Crippen molar-refractivity contribution in [1.29, 1.82) is 0 Å². The Morgan fingerprint density at radius 3 is 2.70 bits per heavy atom. The minimum Gasteiger partial charge on any atom is -0.308 e. The number of hydrogen-bond donors (Lipinski definition) is 0. The maximum absolute atomic E-state index is 12.6. The number of anilines is 1. The molecule has 1 aliphatic heterocycles. The molecule has 0 fully saturated rings. The summed E-state index contributed by atoms with van der Waals surface area (Å²) in [6.45, 7) is 0.536. The topological polar surface area (TPSA) is 70.6 Å². The molecule has 120 valence electrons. The Hall–Kier alpha value is -2.25. The smallest absolute Gasteiger partial charge is 0.259 e. The van der Waals surface area contributed by atoms with Gasteiger partial charge in [0.1, 0.15) is 0 Å². The summed E-state index contributed by atoms with van der Waals surface area (Å²) in [5.41, 5.74) is 2.15. The van der Waals surface area contributed by atoms with Crippen LogP contribution in [0, 0.1) is 0 Å². The van der Waals surface area contributed by atoms with Gasteiger partial charge in [-0.3, -0.25) is 9.78 Å². The van der Waals surface area contributed by atoms with E-state index >= 15 is 0 Å². The first kappa shape index (κ1) is 15.6. The molecule has 1 amide bonds. The van der Waals surface area contributed by atoms with E-state index in [0.29, 0.717) is 18.5 Å². The monoisotopic (exact) mass is 331 g/mol. The van der Waals surface area contributed by atoms with E-state index in [1.54, 1.807) is 41.4 Å². The second-order valence-corrected chi connectivity index (χ2v) is 7.68. The van der Waals surface area contributed by atoms with Gasteiger partial charge < -0.3 is 4.90 Å². The van der Waals surface area contributed by atoms with Gasteiger partial charge in [0.05, 0.1) is 10.5 Å². The molecule has 3 rings (SSSR count). The number of rotatable bonds is 3. The molecule has 0 aliphatic carbocycles. The standard InChI is InChI=1S/C16H17N3O3S/c1-18(2)23(21,22)14-5-6-15-12(10-14)7-9-19(15)16(20)13-4-3-8-17-11-13/h3-6,8,10-11H,7,9H2,1-2H3. The summed E-state index contributed by atoms with van der Waals surface area (Å²) in [7, 11) is -0.467. The first-order chi connectivity index (χ1) is 10.9. The van der Waals surface area contributed by atoms with Gasteiger partial charge in [0.25, 0.3) is 5.91 Å². The number of carbonyl (C=O) groups excluding carboxylic acids is 1. The van der Waals surface area contributed by atoms with Crippen molar-refractivity contribution in [2.45, 2.75) is 11.3 Å². The summed E-state index contributed by atoms with van der Waals surface area (Å²) in [5, 5.41) is 0. The highest BCUT2D eigenvalue weighted by molar-refractivity contribution is 7.89. The van der Waals surface area contributed by atoms with Crippen molar-refractivity contribution < 1.29 is 13.2 Å². The van der Waals surface area contributed by atoms with Crippen molar-refractivity contribution in [2.24, 2.45) is 0 Å². The second kappa shape index (κ2) is 5.75. The van der Waals surface area contributed by atoms with Crippen LogP contribution in [0.2, 0.25) is 0 Å². The van der Waals surface area contributed by atoms with Crippen molar-refractivity contribution >= 4 is 21.6 Å². The fourth-order valence-electron chi connectivity index (χ4n) is 2.61. The molecule has 7 heteroatoms. The number of carbonyl (C=O) groups is 1. The summed E-state index contributed by atoms with van der Waals surface area (Å²) >= 11 is 0. The van der Waals surface area contributed by atoms with Crippen LogP contribution in [0.3, 0.4) is 0 Å². The fraction of sp³-hybridized carbons (Fsp3) is 0.250. The number of amides is 1. The Bertz CT molecular complexity index is 848. The second-order valence-electron chi connectivity index (χ2n) is 5.53. The molecule has 0 atom stereocenters. The van der Waals surface area contributed by atoms with Gasteiger partial charge in [-0.2, -0.15) is 0 Å². The van der Waals surface area contributed by atoms with Crippen molar-refractivity contribution in [1.82, 2.24) is 9.29 Å². The van der Waals surface area contributed by atoms with Crippen LogP contribution in [0.5, 0.6) is 0 Å². The minimum atomic E-state index is -3.47. The first-order valence-corrected chi connectivity index (χ1v) is 8.62. The van der Waals surface area contributed by atoms with E-state index in [0.717, 1.165) is 11.3 Å². The zero-order chi connectivity index (χ0) is 16.6. The molecule has 6 nitrogen and oxygen atoms in total. The molecule has 0 bridgehead atoms. The Morgan fingerprint density at radius 1 is 1.26 bits per heavy atom. The lowest BCUT2D eigenvalue weighted by atomic mass is 10.2. The van der Waals surface area contributed by atoms with Crippen LogP contribution >= 0.6 is 0 Å². The average Bonchev–Trinajstić information content (AvgIpc) is 2.98. The van der Waals surface area contributed by atoms with Crippen LogP contribution in [0.1, 0.15) is 15.9 Å². The van der Waals surface area contributed by atoms with E-state index in [1.165, 1.54) is 24.6 Å². The van der Waals surface area contributed by atoms with E-state index in [9.17, 15) is 13.2 Å². The van der Waals surface area contributed by atoms with E-state index in [1.807, 2.05) is 0 Å². The molecule has 1 aromatic carbocycles. The number of nitrogens with zero attached hydrogens (tertiary/aromatic N) is 3. The third-order valence-electron chi connectivity index (χ3n) is 3.88. The van der Waals surface area contributed by atoms with Crippen LogP contribution in [0.25, 0.3) is 0 Å². The van der Waals surface area contributed by atoms with Gasteiger partial charge in [0.15, 0.2) is 0 Å². The molecule has 0 unspecified atom stereocenters. The highest BCUT2D eigenvalue weighted by Gasteiger charge is 2.28. The highest BCUT2D eigenvalue weighted by atomic mass is 32.2. The fourth-order valence-corrected chi connectivity index (χ4v) is 3.56. The normalized spacial score (nSPS) is 14.1. The van der Waals surface area contributed by atoms with Crippen LogP contribution in [0.15, 0.2) is 47.6 Å². The Balaban J connectivity index is 1.95. The largest absolute Gasteiger partial charge is 0.308 e. The Labute approximate surface area is 135 Å². The number of hydrogen-bond acceptors (Lipinski definition) is 4. The molecule has 0 spiro atoms. The van der Waals surface area contributed by atoms with Crippen molar-refractivity contribution in [3.8, 4) is 0 Å². The van der Waals surface area contributed by atoms with Gasteiger partial charge in [0, 0.05) is 38.7 Å². The third kappa shape index (κ3) is 2.73. The molecule has 0 radical (unpaired) electrons. The molecular weight excluding hydrogens is 314 g/mol. The zero-order valence-electron chi connectivity index (χ0n) is 12.9. The maximum atomic E-state index is 12.6. The molecule has 2 heterocycles. The molecular formula is C16H17N3O3S. The maximum Gasteiger partial charge on any atom is 0.259 e. The number of pyridine rings is 1. The number of sulfonamides is 1. The quantitative estimate of drug-likeness (QED) is 0.855. The SMILES string of the molecule is CN(C)S(=O)(=O)c1ccc2c(c1)CCN2C(=O)c1cccnc1. The lowest BCUT2D eigenvalue weighted by Crippen LogP contribution is -2.29. The molecule has 0 N–H and O–H groups in total. The third-order valence-corrected chi connectivity index (χ3v) is 5.69. The van der Waals surface area contributed by atoms with Crippen LogP contribution in [0.4, 0.5) is 5.69 Å². The summed E-state index contributed by atoms with van der Waals surface area (Å²) < 4.78 is 25.6. The van der Waals surface area contributed by atoms with Gasteiger partial charge in [-0.05, 0) is 42.3 Å². The van der Waals surface area contributed by atoms with Crippen LogP contribution in [-0.2, 0) is 16.4 Å². The van der Waals surface area contributed by atoms with Gasteiger partial charge in [-0.25, -0.2) is 12.7 Å². The summed E-state index contributed by atoms with van der Waals surface area (Å²) in [5.74, 6) is -0.125. The number of aromatic nitrogens is 1. The average molecular weight is 331 g/mol. The van der Waals surface area contributed by atoms with Crippen molar-refractivity contribution in [2.75, 3.05) is 25.5 Å². The highest BCUT2D eigenvalue weighted by Crippen LogP contribution is 2.31. The number of benzene rings is 1. The van der Waals surface area contributed by atoms with Gasteiger partial charge >= 0.3 is 0 Å². The summed E-state index contributed by atoms with van der Waals surface area (Å²) in [4.78, 5) is 18.4. The van der Waals surface area contributed by atoms with E-state index in [-0.39, 0.29) is 10.8 Å². The van der Waals surface area contributed by atoms with Gasteiger partial charge in [-0.15, -0.1) is 0 Å². The van der Waals surface area contributed by atoms with Crippen LogP contribution < -0.4 is 4.90 Å². The molecule has 0 saturated carbocycles. The molecule has 1 aliphatic rings. The lowest BCUT2D eigenvalue weighted by Gasteiger charge is -2.18. The molecule has 2 aromatic rings. The van der Waals surface area contributed by atoms with Crippen molar-refractivity contribution in [3.63, 3.8) is 0 Å². The zero-order valence-corrected chi connectivity index (χ0v) is 13.7. The Morgan fingerprint density at radius 2 is 2.04 bits per heavy atom. The summed E-state index contributed by atoms with van der Waals surface area (Å²) in [6, 6.07) is 8.34. The molecule has 0 saturated heterocycles. The van der Waals surface area contributed by atoms with E-state index in [4.69, 9.17) is 0 Å². The van der Waals surface area contributed by atoms with E-state index in [2.05, 4.69) is 4.98 Å². The lowest BCUT2D eigenvalue weighted by molar-refractivity contribution is 0.0989. The predicted octanol–water partition coefficient (Wildman–Crippen LogP) is 1.53. The van der Waals surface area contributed by atoms with Gasteiger partial charge in [-0.1, -0.05) is 0 Å². The van der Waals surface area contributed by atoms with Crippen LogP contribution in [-0.4, -0.2) is 44.3 Å². The minimum absolute atomic E-state index is 0.125. The number of fused-ring (bicyclic) bond motifs is 1. The summed E-state index contributed by atoms with van der Waals surface area (Å²) in [6.07, 6.45) is 3.79.